The number of aliphatic hydroxyl groups is 1. The van der Waals surface area contributed by atoms with Crippen molar-refractivity contribution < 1.29 is 23.0 Å². The first-order chi connectivity index (χ1) is 9.08. The van der Waals surface area contributed by atoms with Crippen LogP contribution in [-0.2, 0) is 0 Å². The van der Waals surface area contributed by atoms with Gasteiger partial charge in [0.1, 0.15) is 12.7 Å². The van der Waals surface area contributed by atoms with E-state index in [2.05, 4.69) is 0 Å². The van der Waals surface area contributed by atoms with Crippen LogP contribution in [0.4, 0.5) is 13.2 Å². The molecule has 0 spiro atoms. The number of rotatable bonds is 4. The molecule has 19 heavy (non-hydrogen) atoms. The number of aliphatic hydroxyl groups excluding tert-OH is 1. The van der Waals surface area contributed by atoms with Crippen molar-refractivity contribution in [2.24, 2.45) is 0 Å². The second-order valence-corrected chi connectivity index (χ2v) is 3.93. The highest BCUT2D eigenvalue weighted by Gasteiger charge is 2.12. The summed E-state index contributed by atoms with van der Waals surface area (Å²) in [5, 5.41) is 9.75. The topological polar surface area (TPSA) is 29.5 Å². The number of benzene rings is 2. The molecule has 0 heterocycles. The fraction of sp³-hybridized carbons (Fsp3) is 0.143. The lowest BCUT2D eigenvalue weighted by atomic mass is 10.1. The Labute approximate surface area is 108 Å². The molecular formula is C14H11F3O2. The lowest BCUT2D eigenvalue weighted by molar-refractivity contribution is 0.105. The van der Waals surface area contributed by atoms with Crippen molar-refractivity contribution >= 4 is 0 Å². The standard InChI is InChI=1S/C14H11F3O2/c15-10-6-5-9(7-12(10)17)13(18)8-19-14-4-2-1-3-11(14)16/h1-7,13,18H,8H2. The molecule has 0 amide bonds. The Morgan fingerprint density at radius 3 is 2.37 bits per heavy atom. The van der Waals surface area contributed by atoms with E-state index in [1.165, 1.54) is 24.3 Å². The lowest BCUT2D eigenvalue weighted by Crippen LogP contribution is -2.10. The molecule has 0 saturated carbocycles. The van der Waals surface area contributed by atoms with Crippen molar-refractivity contribution in [2.45, 2.75) is 6.10 Å². The van der Waals surface area contributed by atoms with Crippen molar-refractivity contribution in [1.29, 1.82) is 0 Å². The maximum absolute atomic E-state index is 13.2. The Kier molecular flexibility index (Phi) is 4.06. The highest BCUT2D eigenvalue weighted by Crippen LogP contribution is 2.20. The van der Waals surface area contributed by atoms with E-state index < -0.39 is 23.6 Å². The lowest BCUT2D eigenvalue weighted by Gasteiger charge is -2.13. The Bertz CT molecular complexity index is 572. The third kappa shape index (κ3) is 3.26. The van der Waals surface area contributed by atoms with Gasteiger partial charge in [-0.25, -0.2) is 13.2 Å². The molecule has 2 nitrogen and oxygen atoms in total. The van der Waals surface area contributed by atoms with E-state index in [9.17, 15) is 18.3 Å². The molecule has 100 valence electrons. The molecule has 2 aromatic carbocycles. The number of ether oxygens (including phenoxy) is 1. The molecule has 1 N–H and O–H groups in total. The molecular weight excluding hydrogens is 257 g/mol. The minimum Gasteiger partial charge on any atom is -0.487 e. The van der Waals surface area contributed by atoms with E-state index in [0.29, 0.717) is 0 Å². The van der Waals surface area contributed by atoms with Crippen LogP contribution in [0.25, 0.3) is 0 Å². The van der Waals surface area contributed by atoms with Gasteiger partial charge in [0.2, 0.25) is 0 Å². The van der Waals surface area contributed by atoms with Crippen LogP contribution in [0.1, 0.15) is 11.7 Å². The monoisotopic (exact) mass is 268 g/mol. The van der Waals surface area contributed by atoms with Gasteiger partial charge in [0.15, 0.2) is 23.2 Å². The molecule has 0 fully saturated rings. The molecule has 0 radical (unpaired) electrons. The number of hydrogen-bond donors (Lipinski definition) is 1. The van der Waals surface area contributed by atoms with Crippen molar-refractivity contribution in [3.63, 3.8) is 0 Å². The van der Waals surface area contributed by atoms with E-state index in [4.69, 9.17) is 4.74 Å². The van der Waals surface area contributed by atoms with Crippen LogP contribution in [0, 0.1) is 17.5 Å². The average molecular weight is 268 g/mol. The average Bonchev–Trinajstić information content (AvgIpc) is 2.40. The summed E-state index contributed by atoms with van der Waals surface area (Å²) < 4.78 is 44.0. The summed E-state index contributed by atoms with van der Waals surface area (Å²) in [5.41, 5.74) is 0.162. The fourth-order valence-corrected chi connectivity index (χ4v) is 1.55. The first kappa shape index (κ1) is 13.4. The largest absolute Gasteiger partial charge is 0.487 e. The third-order valence-electron chi connectivity index (χ3n) is 2.56. The molecule has 1 unspecified atom stereocenters. The molecule has 0 aliphatic carbocycles. The second-order valence-electron chi connectivity index (χ2n) is 3.93. The highest BCUT2D eigenvalue weighted by atomic mass is 19.2. The van der Waals surface area contributed by atoms with E-state index in [-0.39, 0.29) is 17.9 Å². The van der Waals surface area contributed by atoms with Crippen LogP contribution in [0.5, 0.6) is 5.75 Å². The molecule has 1 atom stereocenters. The van der Waals surface area contributed by atoms with Crippen LogP contribution < -0.4 is 4.74 Å². The molecule has 0 aliphatic heterocycles. The predicted octanol–water partition coefficient (Wildman–Crippen LogP) is 3.22. The Morgan fingerprint density at radius 2 is 1.68 bits per heavy atom. The third-order valence-corrected chi connectivity index (χ3v) is 2.56. The minimum absolute atomic E-state index is 0.0101. The molecule has 5 heteroatoms. The van der Waals surface area contributed by atoms with Crippen LogP contribution in [-0.4, -0.2) is 11.7 Å². The summed E-state index contributed by atoms with van der Waals surface area (Å²) in [5.74, 6) is -2.61. The Morgan fingerprint density at radius 1 is 0.947 bits per heavy atom. The number of para-hydroxylation sites is 1. The fourth-order valence-electron chi connectivity index (χ4n) is 1.55. The van der Waals surface area contributed by atoms with Crippen molar-refractivity contribution in [2.75, 3.05) is 6.61 Å². The highest BCUT2D eigenvalue weighted by molar-refractivity contribution is 5.24. The van der Waals surface area contributed by atoms with Crippen molar-refractivity contribution in [1.82, 2.24) is 0 Å². The Balaban J connectivity index is 2.03. The summed E-state index contributed by atoms with van der Waals surface area (Å²) >= 11 is 0. The van der Waals surface area contributed by atoms with Gasteiger partial charge in [0.25, 0.3) is 0 Å². The van der Waals surface area contributed by atoms with Gasteiger partial charge in [-0.2, -0.15) is 0 Å². The predicted molar refractivity (Wildman–Crippen MR) is 63.2 cm³/mol. The summed E-state index contributed by atoms with van der Waals surface area (Å²) in [6.07, 6.45) is -1.17. The van der Waals surface area contributed by atoms with Gasteiger partial charge in [-0.15, -0.1) is 0 Å². The number of halogens is 3. The summed E-state index contributed by atoms with van der Waals surface area (Å²) in [7, 11) is 0. The molecule has 0 aromatic heterocycles. The second kappa shape index (κ2) is 5.75. The van der Waals surface area contributed by atoms with Crippen molar-refractivity contribution in [3.05, 3.63) is 65.5 Å². The van der Waals surface area contributed by atoms with E-state index in [1.807, 2.05) is 0 Å². The molecule has 0 saturated heterocycles. The SMILES string of the molecule is OC(COc1ccccc1F)c1ccc(F)c(F)c1. The van der Waals surface area contributed by atoms with Gasteiger partial charge in [-0.1, -0.05) is 18.2 Å². The van der Waals surface area contributed by atoms with E-state index >= 15 is 0 Å². The first-order valence-corrected chi connectivity index (χ1v) is 5.58. The van der Waals surface area contributed by atoms with E-state index in [1.54, 1.807) is 6.07 Å². The zero-order chi connectivity index (χ0) is 13.8. The van der Waals surface area contributed by atoms with E-state index in [0.717, 1.165) is 12.1 Å². The molecule has 0 bridgehead atoms. The first-order valence-electron chi connectivity index (χ1n) is 5.58. The zero-order valence-electron chi connectivity index (χ0n) is 9.82. The normalized spacial score (nSPS) is 12.2. The maximum Gasteiger partial charge on any atom is 0.165 e. The van der Waals surface area contributed by atoms with Crippen LogP contribution in [0.3, 0.4) is 0 Å². The smallest absolute Gasteiger partial charge is 0.165 e. The van der Waals surface area contributed by atoms with Gasteiger partial charge in [0.05, 0.1) is 0 Å². The molecule has 2 aromatic rings. The van der Waals surface area contributed by atoms with Gasteiger partial charge in [-0.3, -0.25) is 0 Å². The van der Waals surface area contributed by atoms with Crippen molar-refractivity contribution in [3.8, 4) is 5.75 Å². The van der Waals surface area contributed by atoms with Gasteiger partial charge in [-0.05, 0) is 29.8 Å². The van der Waals surface area contributed by atoms with Gasteiger partial charge < -0.3 is 9.84 Å². The molecule has 2 rings (SSSR count). The quantitative estimate of drug-likeness (QED) is 0.922. The Hall–Kier alpha value is -2.01. The van der Waals surface area contributed by atoms with Gasteiger partial charge in [0, 0.05) is 0 Å². The van der Waals surface area contributed by atoms with Crippen LogP contribution in [0.2, 0.25) is 0 Å². The summed E-state index contributed by atoms with van der Waals surface area (Å²) in [4.78, 5) is 0. The minimum atomic E-state index is -1.17. The van der Waals surface area contributed by atoms with Crippen LogP contribution in [0.15, 0.2) is 42.5 Å². The number of hydrogen-bond acceptors (Lipinski definition) is 2. The van der Waals surface area contributed by atoms with Gasteiger partial charge >= 0.3 is 0 Å². The zero-order valence-corrected chi connectivity index (χ0v) is 9.82. The van der Waals surface area contributed by atoms with Crippen LogP contribution >= 0.6 is 0 Å². The summed E-state index contributed by atoms with van der Waals surface area (Å²) in [6.45, 7) is -0.258. The maximum atomic E-state index is 13.2. The molecule has 0 aliphatic rings. The summed E-state index contributed by atoms with van der Waals surface area (Å²) in [6, 6.07) is 8.76.